The predicted molar refractivity (Wildman–Crippen MR) is 52.6 cm³/mol. The molecule has 1 heterocycles. The highest BCUT2D eigenvalue weighted by Gasteiger charge is 2.13. The van der Waals surface area contributed by atoms with Crippen molar-refractivity contribution >= 4 is 33.2 Å². The maximum absolute atomic E-state index is 5.79. The van der Waals surface area contributed by atoms with E-state index in [1.165, 1.54) is 15.2 Å². The second-order valence-corrected chi connectivity index (χ2v) is 4.04. The average molecular weight is 199 g/mol. The molecule has 2 rings (SSSR count). The molecule has 0 aliphatic rings. The zero-order chi connectivity index (χ0) is 8.55. The van der Waals surface area contributed by atoms with E-state index < -0.39 is 0 Å². The van der Waals surface area contributed by atoms with Crippen LogP contribution in [0.15, 0.2) is 24.3 Å². The molecule has 0 unspecified atom stereocenters. The van der Waals surface area contributed by atoms with Gasteiger partial charge in [-0.3, -0.25) is 0 Å². The molecule has 3 heteroatoms. The molecule has 12 heavy (non-hydrogen) atoms. The van der Waals surface area contributed by atoms with Gasteiger partial charge in [0, 0.05) is 6.07 Å². The van der Waals surface area contributed by atoms with Crippen molar-refractivity contribution in [2.24, 2.45) is 7.05 Å². The molecule has 0 amide bonds. The number of aromatic nitrogens is 1. The molecular weight excluding hydrogens is 190 g/mol. The van der Waals surface area contributed by atoms with Crippen LogP contribution in [0.2, 0.25) is 0 Å². The lowest BCUT2D eigenvalue weighted by Crippen LogP contribution is -2.29. The second kappa shape index (κ2) is 3.04. The molecule has 1 aromatic heterocycles. The molecule has 0 saturated heterocycles. The predicted octanol–water partition coefficient (Wildman–Crippen LogP) is 2.46. The summed E-state index contributed by atoms with van der Waals surface area (Å²) in [6.07, 6.45) is 0. The summed E-state index contributed by atoms with van der Waals surface area (Å²) >= 11 is 7.55. The Morgan fingerprint density at radius 3 is 2.83 bits per heavy atom. The maximum Gasteiger partial charge on any atom is 0.253 e. The molecule has 62 valence electrons. The highest BCUT2D eigenvalue weighted by Crippen LogP contribution is 2.20. The van der Waals surface area contributed by atoms with E-state index in [9.17, 15) is 0 Å². The number of para-hydroxylation sites is 1. The van der Waals surface area contributed by atoms with E-state index >= 15 is 0 Å². The van der Waals surface area contributed by atoms with Crippen molar-refractivity contribution < 1.29 is 4.57 Å². The molecular formula is C9H9ClNS+. The van der Waals surface area contributed by atoms with Crippen LogP contribution in [-0.2, 0) is 12.9 Å². The standard InChI is InChI=1S/C9H9ClNS/c1-11-7-4-2-3-5-8(7)12-9(11)6-10/h2-5H,6H2,1H3/q+1. The van der Waals surface area contributed by atoms with Crippen LogP contribution < -0.4 is 4.57 Å². The third-order valence-electron chi connectivity index (χ3n) is 1.94. The summed E-state index contributed by atoms with van der Waals surface area (Å²) in [5.74, 6) is 0.593. The van der Waals surface area contributed by atoms with Crippen molar-refractivity contribution in [2.45, 2.75) is 5.88 Å². The van der Waals surface area contributed by atoms with Gasteiger partial charge < -0.3 is 0 Å². The summed E-state index contributed by atoms with van der Waals surface area (Å²) in [4.78, 5) is 0. The molecule has 0 spiro atoms. The Kier molecular flexibility index (Phi) is 2.03. The lowest BCUT2D eigenvalue weighted by Gasteiger charge is -1.84. The highest BCUT2D eigenvalue weighted by atomic mass is 35.5. The van der Waals surface area contributed by atoms with Crippen LogP contribution >= 0.6 is 22.9 Å². The molecule has 0 N–H and O–H groups in total. The summed E-state index contributed by atoms with van der Waals surface area (Å²) in [5.41, 5.74) is 1.26. The number of alkyl halides is 1. The van der Waals surface area contributed by atoms with E-state index in [4.69, 9.17) is 11.6 Å². The van der Waals surface area contributed by atoms with Crippen molar-refractivity contribution in [1.29, 1.82) is 0 Å². The van der Waals surface area contributed by atoms with Crippen molar-refractivity contribution in [3.05, 3.63) is 29.3 Å². The summed E-state index contributed by atoms with van der Waals surface area (Å²) < 4.78 is 3.45. The van der Waals surface area contributed by atoms with Crippen LogP contribution in [0.1, 0.15) is 5.01 Å². The van der Waals surface area contributed by atoms with Gasteiger partial charge >= 0.3 is 0 Å². The summed E-state index contributed by atoms with van der Waals surface area (Å²) in [5, 5.41) is 1.21. The molecule has 1 nitrogen and oxygen atoms in total. The van der Waals surface area contributed by atoms with Gasteiger partial charge in [0.15, 0.2) is 0 Å². The van der Waals surface area contributed by atoms with Crippen LogP contribution in [0.3, 0.4) is 0 Å². The van der Waals surface area contributed by atoms with E-state index in [1.807, 2.05) is 6.07 Å². The Morgan fingerprint density at radius 1 is 1.42 bits per heavy atom. The van der Waals surface area contributed by atoms with Gasteiger partial charge in [-0.1, -0.05) is 23.5 Å². The van der Waals surface area contributed by atoms with E-state index in [0.29, 0.717) is 5.88 Å². The van der Waals surface area contributed by atoms with Crippen molar-refractivity contribution in [3.63, 3.8) is 0 Å². The summed E-state index contributed by atoms with van der Waals surface area (Å²) in [6.45, 7) is 0. The summed E-state index contributed by atoms with van der Waals surface area (Å²) in [7, 11) is 2.05. The molecule has 0 aliphatic carbocycles. The van der Waals surface area contributed by atoms with E-state index in [0.717, 1.165) is 0 Å². The van der Waals surface area contributed by atoms with Gasteiger partial charge in [0.25, 0.3) is 5.01 Å². The van der Waals surface area contributed by atoms with E-state index in [2.05, 4.69) is 29.8 Å². The molecule has 0 aliphatic heterocycles. The number of hydrogen-bond acceptors (Lipinski definition) is 1. The van der Waals surface area contributed by atoms with Gasteiger partial charge in [-0.05, 0) is 6.07 Å². The smallest absolute Gasteiger partial charge is 0.188 e. The van der Waals surface area contributed by atoms with Crippen molar-refractivity contribution in [3.8, 4) is 0 Å². The molecule has 0 fully saturated rings. The van der Waals surface area contributed by atoms with Crippen molar-refractivity contribution in [2.75, 3.05) is 0 Å². The Bertz CT molecular complexity index is 408. The highest BCUT2D eigenvalue weighted by molar-refractivity contribution is 7.18. The average Bonchev–Trinajstić information content (AvgIpc) is 2.44. The van der Waals surface area contributed by atoms with Gasteiger partial charge in [-0.15, -0.1) is 11.6 Å². The number of thiazole rings is 1. The lowest BCUT2D eigenvalue weighted by molar-refractivity contribution is -0.647. The van der Waals surface area contributed by atoms with Crippen LogP contribution in [0, 0.1) is 0 Å². The fraction of sp³-hybridized carbons (Fsp3) is 0.222. The van der Waals surface area contributed by atoms with Gasteiger partial charge in [-0.2, -0.15) is 4.57 Å². The Balaban J connectivity index is 2.78. The third-order valence-corrected chi connectivity index (χ3v) is 3.57. The van der Waals surface area contributed by atoms with Crippen LogP contribution in [0.4, 0.5) is 0 Å². The SMILES string of the molecule is C[n+]1c(CCl)sc2ccccc21. The molecule has 0 saturated carbocycles. The van der Waals surface area contributed by atoms with E-state index in [1.54, 1.807) is 11.3 Å². The minimum absolute atomic E-state index is 0.593. The third kappa shape index (κ3) is 1.11. The molecule has 1 aromatic carbocycles. The zero-order valence-corrected chi connectivity index (χ0v) is 8.32. The van der Waals surface area contributed by atoms with Gasteiger partial charge in [0.2, 0.25) is 5.52 Å². The number of benzene rings is 1. The summed E-state index contributed by atoms with van der Waals surface area (Å²) in [6, 6.07) is 8.34. The normalized spacial score (nSPS) is 10.8. The Morgan fingerprint density at radius 2 is 2.17 bits per heavy atom. The van der Waals surface area contributed by atoms with Gasteiger partial charge in [0.05, 0.1) is 0 Å². The number of nitrogens with zero attached hydrogens (tertiary/aromatic N) is 1. The van der Waals surface area contributed by atoms with Crippen molar-refractivity contribution in [1.82, 2.24) is 0 Å². The van der Waals surface area contributed by atoms with Gasteiger partial charge in [0.1, 0.15) is 17.6 Å². The van der Waals surface area contributed by atoms with Crippen LogP contribution in [-0.4, -0.2) is 0 Å². The number of fused-ring (bicyclic) bond motifs is 1. The second-order valence-electron chi connectivity index (χ2n) is 2.66. The minimum atomic E-state index is 0.593. The number of halogens is 1. The fourth-order valence-corrected chi connectivity index (χ4v) is 2.61. The zero-order valence-electron chi connectivity index (χ0n) is 6.75. The van der Waals surface area contributed by atoms with Crippen LogP contribution in [0.25, 0.3) is 10.2 Å². The first-order valence-electron chi connectivity index (χ1n) is 3.75. The molecule has 0 radical (unpaired) electrons. The van der Waals surface area contributed by atoms with E-state index in [-0.39, 0.29) is 0 Å². The largest absolute Gasteiger partial charge is 0.253 e. The van der Waals surface area contributed by atoms with Gasteiger partial charge in [-0.25, -0.2) is 0 Å². The number of hydrogen-bond donors (Lipinski definition) is 0. The number of rotatable bonds is 1. The fourth-order valence-electron chi connectivity index (χ4n) is 1.27. The Hall–Kier alpha value is -0.600. The van der Waals surface area contributed by atoms with Crippen LogP contribution in [0.5, 0.6) is 0 Å². The topological polar surface area (TPSA) is 3.88 Å². The quantitative estimate of drug-likeness (QED) is 0.490. The lowest BCUT2D eigenvalue weighted by atomic mass is 10.3. The molecule has 2 aromatic rings. The monoisotopic (exact) mass is 198 g/mol. The first-order chi connectivity index (χ1) is 5.83. The number of aryl methyl sites for hydroxylation is 1. The molecule has 0 atom stereocenters. The maximum atomic E-state index is 5.79. The molecule has 0 bridgehead atoms. The first-order valence-corrected chi connectivity index (χ1v) is 5.10. The minimum Gasteiger partial charge on any atom is -0.188 e. The Labute approximate surface area is 80.2 Å². The first kappa shape index (κ1) is 8.02.